The number of hydrogen-bond donors (Lipinski definition) is 0. The first-order valence-electron chi connectivity index (χ1n) is 7.85. The number of nitrogens with zero attached hydrogens (tertiary/aromatic N) is 3. The van der Waals surface area contributed by atoms with E-state index in [0.29, 0.717) is 16.9 Å². The second kappa shape index (κ2) is 7.51. The molecule has 8 heteroatoms. The molecule has 2 aromatic carbocycles. The number of halogens is 2. The summed E-state index contributed by atoms with van der Waals surface area (Å²) in [6.45, 7) is 1.71. The van der Waals surface area contributed by atoms with Crippen LogP contribution in [0.5, 0.6) is 0 Å². The standard InChI is InChI=1S/C19H13ClFN3O3/c1-12-15(19(20)23(22-12)14-8-6-13(21)7-9-14)10-11-18(25)16-4-2-3-5-17(16)24(26)27/h2-11H,1H3/b11-10+. The van der Waals surface area contributed by atoms with Crippen molar-refractivity contribution in [2.24, 2.45) is 0 Å². The molecular weight excluding hydrogens is 373 g/mol. The molecule has 3 aromatic rings. The van der Waals surface area contributed by atoms with Crippen molar-refractivity contribution in [3.8, 4) is 5.69 Å². The number of allylic oxidation sites excluding steroid dienone is 1. The summed E-state index contributed by atoms with van der Waals surface area (Å²) in [6.07, 6.45) is 2.68. The van der Waals surface area contributed by atoms with Gasteiger partial charge in [-0.2, -0.15) is 5.10 Å². The predicted molar refractivity (Wildman–Crippen MR) is 99.7 cm³/mol. The van der Waals surface area contributed by atoms with Crippen LogP contribution in [0.1, 0.15) is 21.6 Å². The highest BCUT2D eigenvalue weighted by molar-refractivity contribution is 6.31. The largest absolute Gasteiger partial charge is 0.289 e. The zero-order valence-electron chi connectivity index (χ0n) is 14.1. The van der Waals surface area contributed by atoms with E-state index in [-0.39, 0.29) is 22.2 Å². The van der Waals surface area contributed by atoms with Gasteiger partial charge in [0.25, 0.3) is 5.69 Å². The molecule has 1 heterocycles. The van der Waals surface area contributed by atoms with Gasteiger partial charge in [-0.15, -0.1) is 0 Å². The van der Waals surface area contributed by atoms with E-state index in [1.165, 1.54) is 59.3 Å². The quantitative estimate of drug-likeness (QED) is 0.274. The van der Waals surface area contributed by atoms with Crippen molar-refractivity contribution in [1.29, 1.82) is 0 Å². The van der Waals surface area contributed by atoms with E-state index in [1.807, 2.05) is 0 Å². The number of rotatable bonds is 5. The summed E-state index contributed by atoms with van der Waals surface area (Å²) < 4.78 is 14.5. The molecule has 0 aliphatic rings. The molecule has 1 aromatic heterocycles. The number of carbonyl (C=O) groups excluding carboxylic acids is 1. The number of carbonyl (C=O) groups is 1. The normalized spacial score (nSPS) is 11.1. The van der Waals surface area contributed by atoms with Gasteiger partial charge in [-0.25, -0.2) is 9.07 Å². The van der Waals surface area contributed by atoms with Crippen molar-refractivity contribution in [2.75, 3.05) is 0 Å². The minimum absolute atomic E-state index is 0.0153. The molecule has 0 aliphatic carbocycles. The number of para-hydroxylation sites is 1. The molecular formula is C19H13ClFN3O3. The van der Waals surface area contributed by atoms with E-state index in [2.05, 4.69) is 5.10 Å². The Morgan fingerprint density at radius 3 is 2.56 bits per heavy atom. The van der Waals surface area contributed by atoms with Gasteiger partial charge in [0, 0.05) is 11.6 Å². The lowest BCUT2D eigenvalue weighted by Crippen LogP contribution is -2.00. The van der Waals surface area contributed by atoms with E-state index in [1.54, 1.807) is 13.0 Å². The molecule has 0 saturated heterocycles. The predicted octanol–water partition coefficient (Wildman–Crippen LogP) is 4.78. The van der Waals surface area contributed by atoms with Gasteiger partial charge in [0.05, 0.1) is 21.9 Å². The number of benzene rings is 2. The van der Waals surface area contributed by atoms with Gasteiger partial charge in [0.2, 0.25) is 0 Å². The van der Waals surface area contributed by atoms with Gasteiger partial charge in [-0.3, -0.25) is 14.9 Å². The van der Waals surface area contributed by atoms with E-state index in [0.717, 1.165) is 0 Å². The zero-order valence-corrected chi connectivity index (χ0v) is 14.9. The summed E-state index contributed by atoms with van der Waals surface area (Å²) >= 11 is 6.35. The van der Waals surface area contributed by atoms with Crippen molar-refractivity contribution >= 4 is 29.1 Å². The fourth-order valence-electron chi connectivity index (χ4n) is 2.54. The first kappa shape index (κ1) is 18.5. The highest BCUT2D eigenvalue weighted by Crippen LogP contribution is 2.26. The molecule has 3 rings (SSSR count). The Morgan fingerprint density at radius 1 is 1.22 bits per heavy atom. The average molecular weight is 386 g/mol. The molecule has 0 amide bonds. The molecule has 136 valence electrons. The van der Waals surface area contributed by atoms with Gasteiger partial charge >= 0.3 is 0 Å². The van der Waals surface area contributed by atoms with Gasteiger partial charge in [-0.1, -0.05) is 23.7 Å². The van der Waals surface area contributed by atoms with Crippen LogP contribution in [0.2, 0.25) is 5.15 Å². The molecule has 0 spiro atoms. The van der Waals surface area contributed by atoms with Crippen LogP contribution < -0.4 is 0 Å². The number of nitro groups is 1. The van der Waals surface area contributed by atoms with Crippen LogP contribution in [0.3, 0.4) is 0 Å². The minimum Gasteiger partial charge on any atom is -0.289 e. The van der Waals surface area contributed by atoms with Crippen molar-refractivity contribution in [3.05, 3.63) is 92.5 Å². The third kappa shape index (κ3) is 3.78. The molecule has 0 atom stereocenters. The second-order valence-corrected chi connectivity index (χ2v) is 6.01. The number of ketones is 1. The van der Waals surface area contributed by atoms with E-state index in [9.17, 15) is 19.3 Å². The lowest BCUT2D eigenvalue weighted by atomic mass is 10.1. The topological polar surface area (TPSA) is 78.0 Å². The van der Waals surface area contributed by atoms with Crippen LogP contribution >= 0.6 is 11.6 Å². The first-order chi connectivity index (χ1) is 12.9. The van der Waals surface area contributed by atoms with Crippen LogP contribution in [0, 0.1) is 22.9 Å². The summed E-state index contributed by atoms with van der Waals surface area (Å²) in [7, 11) is 0. The summed E-state index contributed by atoms with van der Waals surface area (Å²) in [5.74, 6) is -0.902. The third-order valence-corrected chi connectivity index (χ3v) is 4.25. The molecule has 0 unspecified atom stereocenters. The van der Waals surface area contributed by atoms with Crippen LogP contribution in [0.25, 0.3) is 11.8 Å². The smallest absolute Gasteiger partial charge is 0.280 e. The second-order valence-electron chi connectivity index (χ2n) is 5.65. The van der Waals surface area contributed by atoms with Crippen molar-refractivity contribution in [2.45, 2.75) is 6.92 Å². The monoisotopic (exact) mass is 385 g/mol. The Kier molecular flexibility index (Phi) is 5.14. The van der Waals surface area contributed by atoms with Crippen LogP contribution in [0.15, 0.2) is 54.6 Å². The van der Waals surface area contributed by atoms with Crippen molar-refractivity contribution < 1.29 is 14.1 Å². The summed E-state index contributed by atoms with van der Waals surface area (Å²) in [5.41, 5.74) is 1.33. The van der Waals surface area contributed by atoms with E-state index in [4.69, 9.17) is 11.6 Å². The van der Waals surface area contributed by atoms with Gasteiger partial charge in [-0.05, 0) is 49.4 Å². The maximum absolute atomic E-state index is 13.1. The highest BCUT2D eigenvalue weighted by Gasteiger charge is 2.18. The number of nitro benzene ring substituents is 1. The van der Waals surface area contributed by atoms with Crippen molar-refractivity contribution in [1.82, 2.24) is 9.78 Å². The van der Waals surface area contributed by atoms with Crippen molar-refractivity contribution in [3.63, 3.8) is 0 Å². The lowest BCUT2D eigenvalue weighted by Gasteiger charge is -2.02. The zero-order chi connectivity index (χ0) is 19.6. The molecule has 0 aliphatic heterocycles. The number of hydrogen-bond acceptors (Lipinski definition) is 4. The molecule has 0 fully saturated rings. The number of aryl methyl sites for hydroxylation is 1. The van der Waals surface area contributed by atoms with Crippen LogP contribution in [-0.2, 0) is 0 Å². The van der Waals surface area contributed by atoms with E-state index < -0.39 is 10.7 Å². The van der Waals surface area contributed by atoms with Crippen LogP contribution in [0.4, 0.5) is 10.1 Å². The highest BCUT2D eigenvalue weighted by atomic mass is 35.5. The van der Waals surface area contributed by atoms with Gasteiger partial charge in [0.15, 0.2) is 5.78 Å². The Labute approximate surface area is 158 Å². The van der Waals surface area contributed by atoms with Crippen LogP contribution in [-0.4, -0.2) is 20.5 Å². The minimum atomic E-state index is -0.605. The first-order valence-corrected chi connectivity index (χ1v) is 8.23. The summed E-state index contributed by atoms with van der Waals surface area (Å²) in [6, 6.07) is 11.3. The Balaban J connectivity index is 1.93. The summed E-state index contributed by atoms with van der Waals surface area (Å²) in [5, 5.41) is 15.6. The maximum Gasteiger partial charge on any atom is 0.280 e. The lowest BCUT2D eigenvalue weighted by molar-refractivity contribution is -0.385. The fraction of sp³-hybridized carbons (Fsp3) is 0.0526. The Bertz CT molecular complexity index is 1060. The molecule has 0 N–H and O–H groups in total. The molecule has 0 saturated carbocycles. The summed E-state index contributed by atoms with van der Waals surface area (Å²) in [4.78, 5) is 22.8. The Hall–Kier alpha value is -3.32. The van der Waals surface area contributed by atoms with Gasteiger partial charge in [0.1, 0.15) is 11.0 Å². The third-order valence-electron chi connectivity index (χ3n) is 3.89. The molecule has 0 radical (unpaired) electrons. The molecule has 0 bridgehead atoms. The maximum atomic E-state index is 13.1. The fourth-order valence-corrected chi connectivity index (χ4v) is 2.88. The van der Waals surface area contributed by atoms with Gasteiger partial charge < -0.3 is 0 Å². The molecule has 27 heavy (non-hydrogen) atoms. The van der Waals surface area contributed by atoms with E-state index >= 15 is 0 Å². The SMILES string of the molecule is Cc1nn(-c2ccc(F)cc2)c(Cl)c1/C=C/C(=O)c1ccccc1[N+](=O)[O-]. The molecule has 6 nitrogen and oxygen atoms in total. The average Bonchev–Trinajstić information content (AvgIpc) is 2.94. The Morgan fingerprint density at radius 2 is 1.89 bits per heavy atom. The number of aromatic nitrogens is 2.